The van der Waals surface area contributed by atoms with Crippen molar-refractivity contribution in [2.24, 2.45) is 0 Å². The van der Waals surface area contributed by atoms with Crippen LogP contribution in [0.3, 0.4) is 0 Å². The average molecular weight is 436 g/mol. The first-order valence-electron chi connectivity index (χ1n) is 8.05. The summed E-state index contributed by atoms with van der Waals surface area (Å²) in [6, 6.07) is 7.10. The maximum absolute atomic E-state index is 11.8. The third-order valence-corrected chi connectivity index (χ3v) is 6.84. The molecule has 0 aliphatic rings. The Bertz CT molecular complexity index is 1020. The highest BCUT2D eigenvalue weighted by atomic mass is 32.2. The zero-order valence-corrected chi connectivity index (χ0v) is 18.0. The van der Waals surface area contributed by atoms with Gasteiger partial charge in [0.2, 0.25) is 0 Å². The molecule has 0 radical (unpaired) electrons. The Kier molecular flexibility index (Phi) is 6.38. The molecule has 146 valence electrons. The van der Waals surface area contributed by atoms with Crippen LogP contribution in [0.5, 0.6) is 11.5 Å². The number of hydrogen-bond donors (Lipinski definition) is 0. The number of carbonyl (C=O) groups is 2. The van der Waals surface area contributed by atoms with Gasteiger partial charge in [0.25, 0.3) is 0 Å². The fourth-order valence-electron chi connectivity index (χ4n) is 2.47. The monoisotopic (exact) mass is 435 g/mol. The Labute approximate surface area is 174 Å². The topological polar surface area (TPSA) is 74.7 Å². The van der Waals surface area contributed by atoms with E-state index in [2.05, 4.69) is 0 Å². The molecular weight excluding hydrogens is 418 g/mol. The number of nitrogens with zero attached hydrogens (tertiary/aromatic N) is 1. The van der Waals surface area contributed by atoms with Crippen LogP contribution >= 0.6 is 34.4 Å². The van der Waals surface area contributed by atoms with Crippen LogP contribution in [-0.2, 0) is 9.53 Å². The molecule has 28 heavy (non-hydrogen) atoms. The van der Waals surface area contributed by atoms with Crippen molar-refractivity contribution in [2.45, 2.75) is 11.1 Å². The van der Waals surface area contributed by atoms with Crippen molar-refractivity contribution >= 4 is 46.4 Å². The third kappa shape index (κ3) is 4.21. The van der Waals surface area contributed by atoms with E-state index in [1.165, 1.54) is 43.8 Å². The molecule has 0 unspecified atom stereocenters. The van der Waals surface area contributed by atoms with E-state index in [4.69, 9.17) is 19.2 Å². The lowest BCUT2D eigenvalue weighted by atomic mass is 10.1. The van der Waals surface area contributed by atoms with E-state index >= 15 is 0 Å². The number of carbonyl (C=O) groups excluding carboxylic acids is 2. The normalized spacial score (nSPS) is 10.6. The molecule has 0 N–H and O–H groups in total. The highest BCUT2D eigenvalue weighted by molar-refractivity contribution is 8.00. The summed E-state index contributed by atoms with van der Waals surface area (Å²) < 4.78 is 16.3. The number of thioether (sulfide) groups is 1. The summed E-state index contributed by atoms with van der Waals surface area (Å²) in [5, 5.41) is 2.75. The molecule has 9 heteroatoms. The fraction of sp³-hybridized carbons (Fsp3) is 0.211. The van der Waals surface area contributed by atoms with E-state index in [1.54, 1.807) is 23.9 Å². The minimum Gasteiger partial charge on any atom is -0.493 e. The van der Waals surface area contributed by atoms with Gasteiger partial charge in [0.05, 0.1) is 24.1 Å². The van der Waals surface area contributed by atoms with Crippen LogP contribution in [0.15, 0.2) is 33.9 Å². The van der Waals surface area contributed by atoms with E-state index in [0.717, 1.165) is 26.0 Å². The first-order chi connectivity index (χ1) is 13.5. The van der Waals surface area contributed by atoms with Crippen molar-refractivity contribution < 1.29 is 23.8 Å². The number of thiophene rings is 1. The molecule has 0 amide bonds. The van der Waals surface area contributed by atoms with Gasteiger partial charge in [0.1, 0.15) is 9.88 Å². The lowest BCUT2D eigenvalue weighted by Crippen LogP contribution is -2.03. The zero-order valence-electron chi connectivity index (χ0n) is 15.6. The predicted octanol–water partition coefficient (Wildman–Crippen LogP) is 4.98. The molecule has 6 nitrogen and oxygen atoms in total. The van der Waals surface area contributed by atoms with Gasteiger partial charge >= 0.3 is 11.9 Å². The van der Waals surface area contributed by atoms with E-state index in [0.29, 0.717) is 16.4 Å². The molecule has 0 aliphatic heterocycles. The molecule has 2 aromatic heterocycles. The molecule has 3 aromatic rings. The quantitative estimate of drug-likeness (QED) is 0.307. The standard InChI is InChI=1S/C19H17NO5S3/c1-10(21)25-14-6-5-11(7-15(14)23-2)13-9-27-17(20-13)12-8-16(18(22)24-3)28-19(12)26-4/h5-9H,1-4H3. The van der Waals surface area contributed by atoms with Gasteiger partial charge in [-0.25, -0.2) is 9.78 Å². The summed E-state index contributed by atoms with van der Waals surface area (Å²) in [6.07, 6.45) is 1.96. The van der Waals surface area contributed by atoms with E-state index in [-0.39, 0.29) is 5.97 Å². The summed E-state index contributed by atoms with van der Waals surface area (Å²) in [5.74, 6) is 0.0505. The molecule has 0 saturated carbocycles. The highest BCUT2D eigenvalue weighted by Crippen LogP contribution is 2.41. The number of rotatable bonds is 6. The number of aromatic nitrogens is 1. The van der Waals surface area contributed by atoms with Gasteiger partial charge in [-0.2, -0.15) is 0 Å². The van der Waals surface area contributed by atoms with Crippen molar-refractivity contribution in [2.75, 3.05) is 20.5 Å². The van der Waals surface area contributed by atoms with Crippen LogP contribution in [0.4, 0.5) is 0 Å². The minimum atomic E-state index is -0.412. The van der Waals surface area contributed by atoms with Gasteiger partial charge in [-0.3, -0.25) is 4.79 Å². The van der Waals surface area contributed by atoms with Crippen molar-refractivity contribution in [3.63, 3.8) is 0 Å². The molecule has 2 heterocycles. The molecule has 0 atom stereocenters. The van der Waals surface area contributed by atoms with Crippen molar-refractivity contribution in [1.29, 1.82) is 0 Å². The number of hydrogen-bond acceptors (Lipinski definition) is 9. The summed E-state index contributed by atoms with van der Waals surface area (Å²) in [4.78, 5) is 28.3. The van der Waals surface area contributed by atoms with Gasteiger partial charge in [0.15, 0.2) is 11.5 Å². The van der Waals surface area contributed by atoms with E-state index in [1.807, 2.05) is 23.8 Å². The van der Waals surface area contributed by atoms with Crippen LogP contribution in [0.2, 0.25) is 0 Å². The van der Waals surface area contributed by atoms with Gasteiger partial charge in [-0.1, -0.05) is 0 Å². The molecule has 0 aliphatic carbocycles. The third-order valence-electron chi connectivity index (χ3n) is 3.72. The average Bonchev–Trinajstić information content (AvgIpc) is 3.34. The Morgan fingerprint density at radius 1 is 1.14 bits per heavy atom. The molecule has 0 bridgehead atoms. The van der Waals surface area contributed by atoms with Crippen molar-refractivity contribution in [3.05, 3.63) is 34.5 Å². The summed E-state index contributed by atoms with van der Waals surface area (Å²) >= 11 is 4.45. The first-order valence-corrected chi connectivity index (χ1v) is 11.0. The molecular formula is C19H17NO5S3. The summed E-state index contributed by atoms with van der Waals surface area (Å²) in [7, 11) is 2.89. The van der Waals surface area contributed by atoms with Gasteiger partial charge in [-0.05, 0) is 30.5 Å². The maximum Gasteiger partial charge on any atom is 0.348 e. The zero-order chi connectivity index (χ0) is 20.3. The van der Waals surface area contributed by atoms with Crippen LogP contribution in [0, 0.1) is 0 Å². The second kappa shape index (κ2) is 8.76. The van der Waals surface area contributed by atoms with Gasteiger partial charge in [-0.15, -0.1) is 34.4 Å². The minimum absolute atomic E-state index is 0.353. The van der Waals surface area contributed by atoms with Gasteiger partial charge < -0.3 is 14.2 Å². The Balaban J connectivity index is 1.95. The lowest BCUT2D eigenvalue weighted by molar-refractivity contribution is -0.132. The Hall–Kier alpha value is -2.36. The van der Waals surface area contributed by atoms with E-state index in [9.17, 15) is 9.59 Å². The molecule has 0 saturated heterocycles. The highest BCUT2D eigenvalue weighted by Gasteiger charge is 2.19. The Morgan fingerprint density at radius 3 is 2.57 bits per heavy atom. The van der Waals surface area contributed by atoms with Crippen molar-refractivity contribution in [1.82, 2.24) is 4.98 Å². The fourth-order valence-corrected chi connectivity index (χ4v) is 5.24. The second-order valence-electron chi connectivity index (χ2n) is 5.50. The van der Waals surface area contributed by atoms with Crippen LogP contribution in [0.25, 0.3) is 21.8 Å². The predicted molar refractivity (Wildman–Crippen MR) is 112 cm³/mol. The number of ether oxygens (including phenoxy) is 3. The maximum atomic E-state index is 11.8. The van der Waals surface area contributed by atoms with Crippen LogP contribution < -0.4 is 9.47 Å². The Morgan fingerprint density at radius 2 is 1.93 bits per heavy atom. The first kappa shape index (κ1) is 20.4. The van der Waals surface area contributed by atoms with Crippen molar-refractivity contribution in [3.8, 4) is 33.3 Å². The number of esters is 2. The second-order valence-corrected chi connectivity index (χ2v) is 8.49. The van der Waals surface area contributed by atoms with Crippen LogP contribution in [0.1, 0.15) is 16.6 Å². The lowest BCUT2D eigenvalue weighted by Gasteiger charge is -2.09. The molecule has 1 aromatic carbocycles. The summed E-state index contributed by atoms with van der Waals surface area (Å²) in [6.45, 7) is 1.34. The number of benzene rings is 1. The number of methoxy groups -OCH3 is 2. The van der Waals surface area contributed by atoms with Gasteiger partial charge in [0, 0.05) is 23.4 Å². The molecule has 0 fully saturated rings. The molecule has 3 rings (SSSR count). The largest absolute Gasteiger partial charge is 0.493 e. The molecule has 0 spiro atoms. The summed E-state index contributed by atoms with van der Waals surface area (Å²) in [5.41, 5.74) is 2.52. The number of thiazole rings is 1. The smallest absolute Gasteiger partial charge is 0.348 e. The van der Waals surface area contributed by atoms with Crippen LogP contribution in [-0.4, -0.2) is 37.4 Å². The SMILES string of the molecule is COC(=O)c1cc(-c2nc(-c3ccc(OC(C)=O)c(OC)c3)cs2)c(SC)s1. The van der Waals surface area contributed by atoms with E-state index < -0.39 is 5.97 Å².